The maximum absolute atomic E-state index is 13.3. The van der Waals surface area contributed by atoms with Crippen molar-refractivity contribution in [3.8, 4) is 5.75 Å². The summed E-state index contributed by atoms with van der Waals surface area (Å²) in [5, 5.41) is 9.66. The van der Waals surface area contributed by atoms with E-state index in [-0.39, 0.29) is 22.8 Å². The topological polar surface area (TPSA) is 20.2 Å². The molecular weight excluding hydrogens is 241 g/mol. The third-order valence-corrected chi connectivity index (χ3v) is 3.26. The first-order chi connectivity index (χ1) is 8.10. The fourth-order valence-corrected chi connectivity index (χ4v) is 2.27. The highest BCUT2D eigenvalue weighted by Gasteiger charge is 2.42. The van der Waals surface area contributed by atoms with Gasteiger partial charge in [0.15, 0.2) is 0 Å². The first kappa shape index (κ1) is 13.2. The molecule has 0 amide bonds. The molecule has 18 heavy (non-hydrogen) atoms. The number of aromatic hydroxyl groups is 1. The van der Waals surface area contributed by atoms with Crippen LogP contribution in [0.15, 0.2) is 12.1 Å². The molecule has 1 fully saturated rings. The molecule has 100 valence electrons. The number of halogens is 3. The van der Waals surface area contributed by atoms with E-state index in [9.17, 15) is 18.3 Å². The normalized spacial score (nSPS) is 17.0. The Labute approximate surface area is 105 Å². The lowest BCUT2D eigenvalue weighted by Gasteiger charge is -2.26. The fourth-order valence-electron chi connectivity index (χ4n) is 2.27. The molecule has 1 aromatic carbocycles. The number of phenolic OH excluding ortho intramolecular Hbond substituents is 1. The lowest BCUT2D eigenvalue weighted by molar-refractivity contribution is -0.139. The lowest BCUT2D eigenvalue weighted by Crippen LogP contribution is -2.21. The molecule has 2 rings (SSSR count). The Hall–Kier alpha value is -1.19. The molecule has 0 bridgehead atoms. The minimum Gasteiger partial charge on any atom is -0.508 e. The summed E-state index contributed by atoms with van der Waals surface area (Å²) in [7, 11) is 0. The molecule has 4 heteroatoms. The number of hydrogen-bond donors (Lipinski definition) is 1. The van der Waals surface area contributed by atoms with Gasteiger partial charge in [-0.15, -0.1) is 0 Å². The molecule has 1 saturated carbocycles. The van der Waals surface area contributed by atoms with Crippen LogP contribution in [0.25, 0.3) is 0 Å². The van der Waals surface area contributed by atoms with Gasteiger partial charge in [0.05, 0.1) is 5.56 Å². The number of alkyl halides is 3. The van der Waals surface area contributed by atoms with Gasteiger partial charge in [0.1, 0.15) is 5.75 Å². The second-order valence-electron chi connectivity index (χ2n) is 5.98. The third kappa shape index (κ3) is 2.47. The van der Waals surface area contributed by atoms with Crippen LogP contribution in [0.5, 0.6) is 5.75 Å². The summed E-state index contributed by atoms with van der Waals surface area (Å²) in [5.41, 5.74) is -0.757. The van der Waals surface area contributed by atoms with E-state index in [1.807, 2.05) is 0 Å². The van der Waals surface area contributed by atoms with Crippen LogP contribution >= 0.6 is 0 Å². The Bertz CT molecular complexity index is 465. The molecule has 0 spiro atoms. The van der Waals surface area contributed by atoms with Crippen molar-refractivity contribution >= 4 is 0 Å². The van der Waals surface area contributed by atoms with Crippen LogP contribution < -0.4 is 0 Å². The summed E-state index contributed by atoms with van der Waals surface area (Å²) in [5.74, 6) is -0.121. The van der Waals surface area contributed by atoms with Gasteiger partial charge in [-0.2, -0.15) is 13.2 Å². The van der Waals surface area contributed by atoms with Crippen molar-refractivity contribution in [3.63, 3.8) is 0 Å². The molecule has 0 heterocycles. The predicted octanol–water partition coefficient (Wildman–Crippen LogP) is 4.59. The van der Waals surface area contributed by atoms with E-state index >= 15 is 0 Å². The monoisotopic (exact) mass is 258 g/mol. The molecule has 1 aromatic rings. The van der Waals surface area contributed by atoms with E-state index in [1.165, 1.54) is 12.1 Å². The Morgan fingerprint density at radius 3 is 2.06 bits per heavy atom. The minimum absolute atomic E-state index is 0.0465. The molecular formula is C14H17F3O. The maximum Gasteiger partial charge on any atom is 0.416 e. The first-order valence-electron chi connectivity index (χ1n) is 6.05. The number of benzene rings is 1. The van der Waals surface area contributed by atoms with Gasteiger partial charge in [0, 0.05) is 0 Å². The first-order valence-corrected chi connectivity index (χ1v) is 6.05. The van der Waals surface area contributed by atoms with Gasteiger partial charge in [-0.3, -0.25) is 0 Å². The predicted molar refractivity (Wildman–Crippen MR) is 63.8 cm³/mol. The molecule has 1 aliphatic rings. The summed E-state index contributed by atoms with van der Waals surface area (Å²) in [6, 6.07) is 2.52. The fraction of sp³-hybridized carbons (Fsp3) is 0.571. The van der Waals surface area contributed by atoms with Crippen molar-refractivity contribution in [2.45, 2.75) is 51.1 Å². The summed E-state index contributed by atoms with van der Waals surface area (Å²) in [6.45, 7) is 5.19. The summed E-state index contributed by atoms with van der Waals surface area (Å²) in [6.07, 6.45) is -2.82. The zero-order chi connectivity index (χ0) is 13.7. The second kappa shape index (κ2) is 3.90. The molecule has 0 unspecified atom stereocenters. The van der Waals surface area contributed by atoms with Gasteiger partial charge in [-0.1, -0.05) is 20.8 Å². The quantitative estimate of drug-likeness (QED) is 0.781. The van der Waals surface area contributed by atoms with Gasteiger partial charge in [-0.25, -0.2) is 0 Å². The van der Waals surface area contributed by atoms with Crippen molar-refractivity contribution in [1.29, 1.82) is 0 Å². The van der Waals surface area contributed by atoms with E-state index in [2.05, 4.69) is 0 Å². The average Bonchev–Trinajstić information content (AvgIpc) is 2.95. The Morgan fingerprint density at radius 1 is 1.11 bits per heavy atom. The van der Waals surface area contributed by atoms with Crippen molar-refractivity contribution in [3.05, 3.63) is 28.8 Å². The standard InChI is InChI=1S/C14H17F3O/c1-13(2,3)11-7-9(18)6-10(8-4-5-8)12(11)14(15,16)17/h6-8,18H,4-5H2,1-3H3. The molecule has 1 N–H and O–H groups in total. The second-order valence-corrected chi connectivity index (χ2v) is 5.98. The van der Waals surface area contributed by atoms with Crippen molar-refractivity contribution in [2.75, 3.05) is 0 Å². The molecule has 0 atom stereocenters. The Kier molecular flexibility index (Phi) is 2.87. The molecule has 0 radical (unpaired) electrons. The van der Waals surface area contributed by atoms with E-state index in [0.717, 1.165) is 12.8 Å². The summed E-state index contributed by atoms with van der Waals surface area (Å²) in [4.78, 5) is 0. The van der Waals surface area contributed by atoms with Crippen molar-refractivity contribution < 1.29 is 18.3 Å². The highest BCUT2D eigenvalue weighted by molar-refractivity contribution is 5.49. The van der Waals surface area contributed by atoms with Crippen LogP contribution in [0, 0.1) is 0 Å². The van der Waals surface area contributed by atoms with Crippen molar-refractivity contribution in [2.24, 2.45) is 0 Å². The van der Waals surface area contributed by atoms with E-state index in [4.69, 9.17) is 0 Å². The van der Waals surface area contributed by atoms with Gasteiger partial charge in [0.25, 0.3) is 0 Å². The SMILES string of the molecule is CC(C)(C)c1cc(O)cc(C2CC2)c1C(F)(F)F. The Balaban J connectivity index is 2.71. The highest BCUT2D eigenvalue weighted by atomic mass is 19.4. The largest absolute Gasteiger partial charge is 0.508 e. The molecule has 1 aliphatic carbocycles. The molecule has 0 saturated heterocycles. The van der Waals surface area contributed by atoms with E-state index in [1.54, 1.807) is 20.8 Å². The lowest BCUT2D eigenvalue weighted by atomic mass is 9.81. The number of rotatable bonds is 1. The van der Waals surface area contributed by atoms with E-state index in [0.29, 0.717) is 0 Å². The zero-order valence-corrected chi connectivity index (χ0v) is 10.7. The third-order valence-electron chi connectivity index (χ3n) is 3.26. The van der Waals surface area contributed by atoms with E-state index < -0.39 is 17.2 Å². The van der Waals surface area contributed by atoms with Gasteiger partial charge >= 0.3 is 6.18 Å². The van der Waals surface area contributed by atoms with Crippen LogP contribution in [0.3, 0.4) is 0 Å². The maximum atomic E-state index is 13.3. The van der Waals surface area contributed by atoms with Crippen LogP contribution in [-0.4, -0.2) is 5.11 Å². The molecule has 0 aromatic heterocycles. The van der Waals surface area contributed by atoms with Crippen LogP contribution in [0.1, 0.15) is 56.2 Å². The molecule has 0 aliphatic heterocycles. The summed E-state index contributed by atoms with van der Waals surface area (Å²) >= 11 is 0. The van der Waals surface area contributed by atoms with Gasteiger partial charge in [0.2, 0.25) is 0 Å². The number of phenols is 1. The highest BCUT2D eigenvalue weighted by Crippen LogP contribution is 2.50. The van der Waals surface area contributed by atoms with Crippen LogP contribution in [0.4, 0.5) is 13.2 Å². The minimum atomic E-state index is -4.37. The average molecular weight is 258 g/mol. The molecule has 1 nitrogen and oxygen atoms in total. The smallest absolute Gasteiger partial charge is 0.416 e. The van der Waals surface area contributed by atoms with Crippen molar-refractivity contribution in [1.82, 2.24) is 0 Å². The van der Waals surface area contributed by atoms with Gasteiger partial charge < -0.3 is 5.11 Å². The summed E-state index contributed by atoms with van der Waals surface area (Å²) < 4.78 is 39.8. The van der Waals surface area contributed by atoms with Crippen LogP contribution in [0.2, 0.25) is 0 Å². The Morgan fingerprint density at radius 2 is 1.67 bits per heavy atom. The van der Waals surface area contributed by atoms with Crippen LogP contribution in [-0.2, 0) is 11.6 Å². The zero-order valence-electron chi connectivity index (χ0n) is 10.7. The van der Waals surface area contributed by atoms with Gasteiger partial charge in [-0.05, 0) is 47.4 Å². The number of hydrogen-bond acceptors (Lipinski definition) is 1.